The highest BCUT2D eigenvalue weighted by Crippen LogP contribution is 2.26. The van der Waals surface area contributed by atoms with Crippen molar-refractivity contribution >= 4 is 23.2 Å². The summed E-state index contributed by atoms with van der Waals surface area (Å²) in [6.45, 7) is 2.01. The average Bonchev–Trinajstić information content (AvgIpc) is 2.41. The number of carbonyl (C=O) groups is 1. The van der Waals surface area contributed by atoms with Gasteiger partial charge in [-0.1, -0.05) is 36.7 Å². The summed E-state index contributed by atoms with van der Waals surface area (Å²) in [6, 6.07) is 11.9. The highest BCUT2D eigenvalue weighted by Gasteiger charge is 2.12. The molecule has 2 rings (SSSR count). The van der Waals surface area contributed by atoms with Gasteiger partial charge in [-0.3, -0.25) is 4.79 Å². The van der Waals surface area contributed by atoms with Gasteiger partial charge < -0.3 is 10.4 Å². The Morgan fingerprint density at radius 1 is 1.26 bits per heavy atom. The van der Waals surface area contributed by atoms with Gasteiger partial charge in [-0.15, -0.1) is 0 Å². The number of carbonyl (C=O) groups excluding carboxylic acids is 1. The summed E-state index contributed by atoms with van der Waals surface area (Å²) in [6.07, 6.45) is 0.829. The number of phenolic OH excluding ortho intramolecular Hbond substituents is 1. The van der Waals surface area contributed by atoms with Crippen molar-refractivity contribution in [2.75, 3.05) is 5.32 Å². The van der Waals surface area contributed by atoms with Gasteiger partial charge in [-0.05, 0) is 36.2 Å². The number of rotatable bonds is 3. The summed E-state index contributed by atoms with van der Waals surface area (Å²) in [4.78, 5) is 12.1. The number of aryl methyl sites for hydroxylation is 1. The summed E-state index contributed by atoms with van der Waals surface area (Å²) >= 11 is 5.96. The minimum absolute atomic E-state index is 0.0394. The molecule has 2 aromatic carbocycles. The third kappa shape index (κ3) is 3.06. The van der Waals surface area contributed by atoms with Gasteiger partial charge in [0.15, 0.2) is 0 Å². The van der Waals surface area contributed by atoms with Crippen LogP contribution < -0.4 is 5.32 Å². The second kappa shape index (κ2) is 5.76. The second-order valence-electron chi connectivity index (χ2n) is 4.14. The zero-order valence-electron chi connectivity index (χ0n) is 10.5. The molecule has 0 heterocycles. The van der Waals surface area contributed by atoms with E-state index in [2.05, 4.69) is 5.32 Å². The Morgan fingerprint density at radius 2 is 2.00 bits per heavy atom. The number of amides is 1. The highest BCUT2D eigenvalue weighted by molar-refractivity contribution is 6.34. The van der Waals surface area contributed by atoms with Crippen LogP contribution in [0, 0.1) is 0 Å². The molecule has 4 heteroatoms. The van der Waals surface area contributed by atoms with Crippen molar-refractivity contribution in [1.29, 1.82) is 0 Å². The molecule has 0 fully saturated rings. The molecule has 0 unspecified atom stereocenters. The maximum absolute atomic E-state index is 12.1. The molecular formula is C15H14ClNO2. The monoisotopic (exact) mass is 275 g/mol. The zero-order valence-corrected chi connectivity index (χ0v) is 11.2. The molecule has 1 amide bonds. The Hall–Kier alpha value is -2.00. The Labute approximate surface area is 116 Å². The van der Waals surface area contributed by atoms with Crippen LogP contribution in [0.4, 0.5) is 5.69 Å². The maximum atomic E-state index is 12.1. The van der Waals surface area contributed by atoms with Gasteiger partial charge in [-0.25, -0.2) is 0 Å². The number of phenols is 1. The summed E-state index contributed by atoms with van der Waals surface area (Å²) < 4.78 is 0. The number of hydrogen-bond acceptors (Lipinski definition) is 2. The molecule has 0 aliphatic rings. The van der Waals surface area contributed by atoms with Crippen molar-refractivity contribution in [3.8, 4) is 5.75 Å². The number of hydrogen-bond donors (Lipinski definition) is 2. The van der Waals surface area contributed by atoms with Gasteiger partial charge in [0.25, 0.3) is 5.91 Å². The van der Waals surface area contributed by atoms with Crippen molar-refractivity contribution < 1.29 is 9.90 Å². The molecule has 0 aliphatic heterocycles. The van der Waals surface area contributed by atoms with Crippen molar-refractivity contribution in [2.24, 2.45) is 0 Å². The predicted octanol–water partition coefficient (Wildman–Crippen LogP) is 3.86. The first kappa shape index (κ1) is 13.4. The minimum Gasteiger partial charge on any atom is -0.506 e. The minimum atomic E-state index is -0.339. The third-order valence-corrected chi connectivity index (χ3v) is 3.17. The largest absolute Gasteiger partial charge is 0.506 e. The number of anilines is 1. The molecule has 2 N–H and O–H groups in total. The summed E-state index contributed by atoms with van der Waals surface area (Å²) in [5.74, 6) is -0.299. The van der Waals surface area contributed by atoms with Crippen molar-refractivity contribution in [1.82, 2.24) is 0 Å². The van der Waals surface area contributed by atoms with Crippen LogP contribution in [0.5, 0.6) is 5.75 Å². The lowest BCUT2D eigenvalue weighted by molar-refractivity contribution is 0.102. The predicted molar refractivity (Wildman–Crippen MR) is 76.9 cm³/mol. The molecule has 98 valence electrons. The Kier molecular flexibility index (Phi) is 4.07. The molecule has 3 nitrogen and oxygen atoms in total. The number of nitrogens with one attached hydrogen (secondary N) is 1. The van der Waals surface area contributed by atoms with Gasteiger partial charge >= 0.3 is 0 Å². The molecule has 0 atom stereocenters. The maximum Gasteiger partial charge on any atom is 0.257 e. The summed E-state index contributed by atoms with van der Waals surface area (Å²) in [5, 5.41) is 12.8. The molecule has 0 saturated heterocycles. The summed E-state index contributed by atoms with van der Waals surface area (Å²) in [7, 11) is 0. The molecule has 0 aromatic heterocycles. The standard InChI is InChI=1S/C15H14ClNO2/c1-2-10-7-8-14(18)13(9-10)17-15(19)11-5-3-4-6-12(11)16/h3-9,18H,2H2,1H3,(H,17,19). The van der Waals surface area contributed by atoms with Crippen molar-refractivity contribution in [3.05, 3.63) is 58.6 Å². The lowest BCUT2D eigenvalue weighted by Crippen LogP contribution is -2.12. The smallest absolute Gasteiger partial charge is 0.257 e. The Bertz CT molecular complexity index is 611. The van der Waals surface area contributed by atoms with Crippen LogP contribution in [-0.2, 0) is 6.42 Å². The first-order valence-electron chi connectivity index (χ1n) is 5.99. The van der Waals surface area contributed by atoms with E-state index in [1.807, 2.05) is 13.0 Å². The lowest BCUT2D eigenvalue weighted by atomic mass is 10.1. The topological polar surface area (TPSA) is 49.3 Å². The van der Waals surface area contributed by atoms with Crippen LogP contribution in [-0.4, -0.2) is 11.0 Å². The van der Waals surface area contributed by atoms with E-state index in [-0.39, 0.29) is 11.7 Å². The molecule has 0 saturated carbocycles. The van der Waals surface area contributed by atoms with Crippen LogP contribution >= 0.6 is 11.6 Å². The normalized spacial score (nSPS) is 10.2. The molecule has 0 bridgehead atoms. The fraction of sp³-hybridized carbons (Fsp3) is 0.133. The van der Waals surface area contributed by atoms with Gasteiger partial charge in [0.2, 0.25) is 0 Å². The molecule has 0 radical (unpaired) electrons. The zero-order chi connectivity index (χ0) is 13.8. The number of benzene rings is 2. The highest BCUT2D eigenvalue weighted by atomic mass is 35.5. The van der Waals surface area contributed by atoms with E-state index in [0.29, 0.717) is 16.3 Å². The van der Waals surface area contributed by atoms with Crippen LogP contribution in [0.2, 0.25) is 5.02 Å². The van der Waals surface area contributed by atoms with E-state index >= 15 is 0 Å². The van der Waals surface area contributed by atoms with Gasteiger partial charge in [0, 0.05) is 0 Å². The second-order valence-corrected chi connectivity index (χ2v) is 4.55. The molecule has 0 aliphatic carbocycles. The van der Waals surface area contributed by atoms with E-state index in [1.54, 1.807) is 36.4 Å². The van der Waals surface area contributed by atoms with Gasteiger partial charge in [0.05, 0.1) is 16.3 Å². The van der Waals surface area contributed by atoms with E-state index in [0.717, 1.165) is 12.0 Å². The molecule has 19 heavy (non-hydrogen) atoms. The van der Waals surface area contributed by atoms with Crippen LogP contribution in [0.1, 0.15) is 22.8 Å². The lowest BCUT2D eigenvalue weighted by Gasteiger charge is -2.09. The SMILES string of the molecule is CCc1ccc(O)c(NC(=O)c2ccccc2Cl)c1. The molecule has 2 aromatic rings. The Morgan fingerprint density at radius 3 is 2.68 bits per heavy atom. The number of halogens is 1. The van der Waals surface area contributed by atoms with Crippen LogP contribution in [0.3, 0.4) is 0 Å². The summed E-state index contributed by atoms with van der Waals surface area (Å²) in [5.41, 5.74) is 1.81. The van der Waals surface area contributed by atoms with Crippen LogP contribution in [0.25, 0.3) is 0 Å². The molecule has 0 spiro atoms. The van der Waals surface area contributed by atoms with Gasteiger partial charge in [0.1, 0.15) is 5.75 Å². The average molecular weight is 276 g/mol. The van der Waals surface area contributed by atoms with Crippen molar-refractivity contribution in [3.63, 3.8) is 0 Å². The number of aromatic hydroxyl groups is 1. The Balaban J connectivity index is 2.26. The van der Waals surface area contributed by atoms with E-state index in [4.69, 9.17) is 11.6 Å². The van der Waals surface area contributed by atoms with Crippen molar-refractivity contribution in [2.45, 2.75) is 13.3 Å². The van der Waals surface area contributed by atoms with Gasteiger partial charge in [-0.2, -0.15) is 0 Å². The third-order valence-electron chi connectivity index (χ3n) is 2.84. The van der Waals surface area contributed by atoms with Crippen LogP contribution in [0.15, 0.2) is 42.5 Å². The molecular weight excluding hydrogens is 262 g/mol. The van der Waals surface area contributed by atoms with E-state index in [1.165, 1.54) is 0 Å². The quantitative estimate of drug-likeness (QED) is 0.836. The fourth-order valence-electron chi connectivity index (χ4n) is 1.74. The first-order chi connectivity index (χ1) is 9.11. The van der Waals surface area contributed by atoms with E-state index < -0.39 is 0 Å². The fourth-order valence-corrected chi connectivity index (χ4v) is 1.96. The first-order valence-corrected chi connectivity index (χ1v) is 6.37. The van der Waals surface area contributed by atoms with E-state index in [9.17, 15) is 9.90 Å².